The number of rotatable bonds is 3. The molecule has 1 heterocycles. The number of carbonyl (C=O) groups excluding carboxylic acids is 2. The quantitative estimate of drug-likeness (QED) is 0.853. The fourth-order valence-electron chi connectivity index (χ4n) is 1.05. The normalized spacial score (nSPS) is 10.9. The van der Waals surface area contributed by atoms with Gasteiger partial charge in [-0.25, -0.2) is 4.98 Å². The van der Waals surface area contributed by atoms with Gasteiger partial charge in [0, 0.05) is 6.20 Å². The van der Waals surface area contributed by atoms with Crippen LogP contribution in [-0.2, 0) is 9.59 Å². The maximum absolute atomic E-state index is 11.8. The summed E-state index contributed by atoms with van der Waals surface area (Å²) in [6.45, 7) is 0.997. The Morgan fingerprint density at radius 3 is 2.61 bits per heavy atom. The summed E-state index contributed by atoms with van der Waals surface area (Å²) in [5.41, 5.74) is 0.833. The van der Waals surface area contributed by atoms with Crippen LogP contribution >= 0.6 is 0 Å². The zero-order chi connectivity index (χ0) is 13.8. The van der Waals surface area contributed by atoms with Crippen molar-refractivity contribution in [1.29, 1.82) is 0 Å². The molecule has 0 spiro atoms. The van der Waals surface area contributed by atoms with Crippen LogP contribution in [0.2, 0.25) is 0 Å². The molecule has 0 saturated heterocycles. The minimum absolute atomic E-state index is 0.209. The molecule has 0 unspecified atom stereocenters. The third-order valence-corrected chi connectivity index (χ3v) is 1.85. The summed E-state index contributed by atoms with van der Waals surface area (Å²) in [5, 5.41) is 3.71. The molecule has 98 valence electrons. The van der Waals surface area contributed by atoms with Crippen molar-refractivity contribution in [3.8, 4) is 0 Å². The molecule has 0 bridgehead atoms. The second-order valence-electron chi connectivity index (χ2n) is 3.45. The minimum Gasteiger partial charge on any atom is -0.339 e. The number of aromatic nitrogens is 1. The SMILES string of the molecule is Cc1ccnc(NC(=O)CNC(=O)C(F)(F)F)c1. The Morgan fingerprint density at radius 1 is 1.39 bits per heavy atom. The van der Waals surface area contributed by atoms with Crippen LogP contribution in [0.3, 0.4) is 0 Å². The fraction of sp³-hybridized carbons (Fsp3) is 0.300. The first kappa shape index (κ1) is 13.9. The van der Waals surface area contributed by atoms with Gasteiger partial charge in [-0.2, -0.15) is 13.2 Å². The van der Waals surface area contributed by atoms with Gasteiger partial charge in [-0.3, -0.25) is 9.59 Å². The molecule has 1 aromatic rings. The van der Waals surface area contributed by atoms with Crippen LogP contribution < -0.4 is 10.6 Å². The number of alkyl halides is 3. The first-order valence-electron chi connectivity index (χ1n) is 4.86. The number of nitrogens with zero attached hydrogens (tertiary/aromatic N) is 1. The van der Waals surface area contributed by atoms with Gasteiger partial charge in [0.05, 0.1) is 6.54 Å². The van der Waals surface area contributed by atoms with Crippen molar-refractivity contribution in [1.82, 2.24) is 10.3 Å². The first-order valence-corrected chi connectivity index (χ1v) is 4.86. The van der Waals surface area contributed by atoms with Crippen molar-refractivity contribution < 1.29 is 22.8 Å². The largest absolute Gasteiger partial charge is 0.471 e. The lowest BCUT2D eigenvalue weighted by atomic mass is 10.3. The van der Waals surface area contributed by atoms with Gasteiger partial charge in [-0.15, -0.1) is 0 Å². The summed E-state index contributed by atoms with van der Waals surface area (Å²) in [4.78, 5) is 25.5. The Bertz CT molecular complexity index is 460. The van der Waals surface area contributed by atoms with E-state index in [1.54, 1.807) is 19.1 Å². The lowest BCUT2D eigenvalue weighted by molar-refractivity contribution is -0.173. The number of carbonyl (C=O) groups is 2. The molecule has 1 aromatic heterocycles. The van der Waals surface area contributed by atoms with Crippen molar-refractivity contribution in [3.05, 3.63) is 23.9 Å². The van der Waals surface area contributed by atoms with Crippen LogP contribution in [0, 0.1) is 6.92 Å². The number of anilines is 1. The van der Waals surface area contributed by atoms with Crippen molar-refractivity contribution in [2.75, 3.05) is 11.9 Å². The highest BCUT2D eigenvalue weighted by molar-refractivity contribution is 5.94. The lowest BCUT2D eigenvalue weighted by Crippen LogP contribution is -2.41. The van der Waals surface area contributed by atoms with E-state index in [0.717, 1.165) is 5.56 Å². The van der Waals surface area contributed by atoms with Crippen molar-refractivity contribution in [2.24, 2.45) is 0 Å². The number of halogens is 3. The molecular formula is C10H10F3N3O2. The number of hydrogen-bond acceptors (Lipinski definition) is 3. The van der Waals surface area contributed by atoms with Gasteiger partial charge < -0.3 is 10.6 Å². The highest BCUT2D eigenvalue weighted by atomic mass is 19.4. The van der Waals surface area contributed by atoms with Crippen LogP contribution in [-0.4, -0.2) is 29.5 Å². The van der Waals surface area contributed by atoms with Gasteiger partial charge in [0.15, 0.2) is 0 Å². The molecule has 0 aromatic carbocycles. The molecule has 8 heteroatoms. The van der Waals surface area contributed by atoms with Gasteiger partial charge >= 0.3 is 12.1 Å². The number of nitrogens with one attached hydrogen (secondary N) is 2. The third-order valence-electron chi connectivity index (χ3n) is 1.85. The number of aryl methyl sites for hydroxylation is 1. The van der Waals surface area contributed by atoms with Crippen molar-refractivity contribution in [2.45, 2.75) is 13.1 Å². The molecule has 0 aliphatic rings. The van der Waals surface area contributed by atoms with Crippen molar-refractivity contribution in [3.63, 3.8) is 0 Å². The highest BCUT2D eigenvalue weighted by Gasteiger charge is 2.38. The Labute approximate surface area is 100 Å². The molecular weight excluding hydrogens is 251 g/mol. The Balaban J connectivity index is 2.46. The van der Waals surface area contributed by atoms with Crippen LogP contribution in [0.4, 0.5) is 19.0 Å². The van der Waals surface area contributed by atoms with E-state index in [9.17, 15) is 22.8 Å². The van der Waals surface area contributed by atoms with Crippen LogP contribution in [0.5, 0.6) is 0 Å². The van der Waals surface area contributed by atoms with Crippen LogP contribution in [0.15, 0.2) is 18.3 Å². The molecule has 5 nitrogen and oxygen atoms in total. The number of pyridine rings is 1. The van der Waals surface area contributed by atoms with Gasteiger partial charge in [0.25, 0.3) is 0 Å². The summed E-state index contributed by atoms with van der Waals surface area (Å²) in [6, 6.07) is 3.24. The molecule has 0 aliphatic carbocycles. The zero-order valence-electron chi connectivity index (χ0n) is 9.34. The van der Waals surface area contributed by atoms with E-state index in [-0.39, 0.29) is 5.82 Å². The summed E-state index contributed by atoms with van der Waals surface area (Å²) < 4.78 is 35.5. The molecule has 2 amide bonds. The molecule has 0 fully saturated rings. The molecule has 18 heavy (non-hydrogen) atoms. The van der Waals surface area contributed by atoms with E-state index < -0.39 is 24.5 Å². The van der Waals surface area contributed by atoms with Gasteiger partial charge in [0.1, 0.15) is 5.82 Å². The standard InChI is InChI=1S/C10H10F3N3O2/c1-6-2-3-14-7(4-6)16-8(17)5-15-9(18)10(11,12)13/h2-4H,5H2,1H3,(H,15,18)(H,14,16,17). The van der Waals surface area contributed by atoms with Crippen molar-refractivity contribution >= 4 is 17.6 Å². The molecule has 1 rings (SSSR count). The minimum atomic E-state index is -5.00. The van der Waals surface area contributed by atoms with E-state index in [1.165, 1.54) is 11.5 Å². The van der Waals surface area contributed by atoms with Gasteiger partial charge in [0.2, 0.25) is 5.91 Å². The smallest absolute Gasteiger partial charge is 0.339 e. The summed E-state index contributed by atoms with van der Waals surface area (Å²) in [6.07, 6.45) is -3.55. The third kappa shape index (κ3) is 4.40. The molecule has 2 N–H and O–H groups in total. The summed E-state index contributed by atoms with van der Waals surface area (Å²) in [7, 11) is 0. The monoisotopic (exact) mass is 261 g/mol. The second kappa shape index (κ2) is 5.48. The van der Waals surface area contributed by atoms with Gasteiger partial charge in [-0.05, 0) is 24.6 Å². The van der Waals surface area contributed by atoms with E-state index in [2.05, 4.69) is 10.3 Å². The van der Waals surface area contributed by atoms with E-state index in [4.69, 9.17) is 0 Å². The molecule has 0 saturated carbocycles. The van der Waals surface area contributed by atoms with E-state index in [1.807, 2.05) is 0 Å². The molecule has 0 aliphatic heterocycles. The maximum Gasteiger partial charge on any atom is 0.471 e. The average molecular weight is 261 g/mol. The molecule has 0 atom stereocenters. The topological polar surface area (TPSA) is 71.1 Å². The first-order chi connectivity index (χ1) is 8.29. The Morgan fingerprint density at radius 2 is 2.06 bits per heavy atom. The Kier molecular flexibility index (Phi) is 4.24. The lowest BCUT2D eigenvalue weighted by Gasteiger charge is -2.08. The van der Waals surface area contributed by atoms with Gasteiger partial charge in [-0.1, -0.05) is 0 Å². The Hall–Kier alpha value is -2.12. The van der Waals surface area contributed by atoms with E-state index in [0.29, 0.717) is 0 Å². The predicted molar refractivity (Wildman–Crippen MR) is 56.7 cm³/mol. The maximum atomic E-state index is 11.8. The van der Waals surface area contributed by atoms with Crippen LogP contribution in [0.1, 0.15) is 5.56 Å². The summed E-state index contributed by atoms with van der Waals surface area (Å²) in [5.74, 6) is -2.73. The highest BCUT2D eigenvalue weighted by Crippen LogP contribution is 2.13. The average Bonchev–Trinajstić information content (AvgIpc) is 2.24. The second-order valence-corrected chi connectivity index (χ2v) is 3.45. The number of hydrogen-bond donors (Lipinski definition) is 2. The van der Waals surface area contributed by atoms with E-state index >= 15 is 0 Å². The fourth-order valence-corrected chi connectivity index (χ4v) is 1.05. The van der Waals surface area contributed by atoms with Crippen LogP contribution in [0.25, 0.3) is 0 Å². The predicted octanol–water partition coefficient (Wildman–Crippen LogP) is 1.01. The number of amides is 2. The zero-order valence-corrected chi connectivity index (χ0v) is 9.34. The molecule has 0 radical (unpaired) electrons. The summed E-state index contributed by atoms with van der Waals surface area (Å²) >= 11 is 0.